The molecule has 0 aromatic heterocycles. The molecule has 0 saturated carbocycles. The van der Waals surface area contributed by atoms with Crippen LogP contribution in [0, 0.1) is 0 Å². The quantitative estimate of drug-likeness (QED) is 0.627. The first-order valence-corrected chi connectivity index (χ1v) is 11.0. The standard InChI is InChI=1S/C14H23Si.Ti/c1-11-9-12(10-15(2,3)4)14-8-6-5-7-13(11)14;/h9H,5-8,10H2,1-4H3;. The Morgan fingerprint density at radius 1 is 1.25 bits per heavy atom. The van der Waals surface area contributed by atoms with Gasteiger partial charge in [0.25, 0.3) is 0 Å². The van der Waals surface area contributed by atoms with Crippen molar-refractivity contribution >= 4 is 8.07 Å². The van der Waals surface area contributed by atoms with E-state index in [2.05, 4.69) is 53.1 Å². The molecular formula is C14H23SiTi. The van der Waals surface area contributed by atoms with Crippen molar-refractivity contribution < 1.29 is 20.4 Å². The first-order chi connectivity index (χ1) is 7.32. The molecule has 0 N–H and O–H groups in total. The fourth-order valence-corrected chi connectivity index (χ4v) is 8.61. The van der Waals surface area contributed by atoms with Gasteiger partial charge in [-0.3, -0.25) is 0 Å². The van der Waals surface area contributed by atoms with E-state index in [0.29, 0.717) is 3.72 Å². The van der Waals surface area contributed by atoms with Gasteiger partial charge in [0.2, 0.25) is 0 Å². The zero-order valence-electron chi connectivity index (χ0n) is 11.1. The molecule has 0 bridgehead atoms. The molecule has 0 radical (unpaired) electrons. The predicted molar refractivity (Wildman–Crippen MR) is 70.1 cm³/mol. The second-order valence-corrected chi connectivity index (χ2v) is 13.6. The molecule has 0 aromatic carbocycles. The molecule has 0 amide bonds. The van der Waals surface area contributed by atoms with Gasteiger partial charge in [-0.05, 0) is 0 Å². The maximum atomic E-state index is 2.58. The van der Waals surface area contributed by atoms with Crippen molar-refractivity contribution in [2.45, 2.75) is 62.0 Å². The Hall–Kier alpha value is 0.411. The normalized spacial score (nSPS) is 30.3. The number of rotatable bonds is 2. The fraction of sp³-hybridized carbons (Fsp3) is 0.714. The topological polar surface area (TPSA) is 0 Å². The van der Waals surface area contributed by atoms with E-state index in [0.717, 1.165) is 0 Å². The summed E-state index contributed by atoms with van der Waals surface area (Å²) >= 11 is 2.49. The van der Waals surface area contributed by atoms with Crippen molar-refractivity contribution in [2.24, 2.45) is 0 Å². The maximum absolute atomic E-state index is 2.58. The zero-order chi connectivity index (χ0) is 12.0. The third-order valence-corrected chi connectivity index (χ3v) is 6.90. The molecule has 87 valence electrons. The average molecular weight is 267 g/mol. The molecule has 0 aromatic rings. The van der Waals surface area contributed by atoms with E-state index in [1.807, 2.05) is 0 Å². The van der Waals surface area contributed by atoms with Crippen molar-refractivity contribution in [3.8, 4) is 0 Å². The summed E-state index contributed by atoms with van der Waals surface area (Å²) in [4.78, 5) is 0. The molecule has 0 nitrogen and oxygen atoms in total. The molecule has 2 aliphatic carbocycles. The summed E-state index contributed by atoms with van der Waals surface area (Å²) < 4.78 is 0.421. The van der Waals surface area contributed by atoms with Crippen LogP contribution < -0.4 is 0 Å². The van der Waals surface area contributed by atoms with Crippen molar-refractivity contribution in [1.82, 2.24) is 0 Å². The van der Waals surface area contributed by atoms with Gasteiger partial charge in [-0.15, -0.1) is 0 Å². The molecule has 2 aliphatic rings. The molecule has 16 heavy (non-hydrogen) atoms. The van der Waals surface area contributed by atoms with Crippen molar-refractivity contribution in [3.63, 3.8) is 0 Å². The number of hydrogen-bond acceptors (Lipinski definition) is 0. The number of allylic oxidation sites excluding steroid dienone is 4. The van der Waals surface area contributed by atoms with Gasteiger partial charge in [-0.1, -0.05) is 0 Å². The molecule has 1 atom stereocenters. The van der Waals surface area contributed by atoms with Crippen LogP contribution in [-0.4, -0.2) is 8.07 Å². The van der Waals surface area contributed by atoms with Gasteiger partial charge < -0.3 is 0 Å². The molecule has 2 heteroatoms. The number of hydrogen-bond donors (Lipinski definition) is 0. The van der Waals surface area contributed by atoms with Crippen molar-refractivity contribution in [2.75, 3.05) is 0 Å². The molecule has 0 saturated heterocycles. The van der Waals surface area contributed by atoms with Crippen LogP contribution in [0.15, 0.2) is 22.8 Å². The third kappa shape index (κ3) is 2.47. The third-order valence-electron chi connectivity index (χ3n) is 3.75. The van der Waals surface area contributed by atoms with Gasteiger partial charge >= 0.3 is 113 Å². The Bertz CT molecular complexity index is 359. The van der Waals surface area contributed by atoms with Gasteiger partial charge in [0, 0.05) is 0 Å². The van der Waals surface area contributed by atoms with Gasteiger partial charge in [0.1, 0.15) is 0 Å². The van der Waals surface area contributed by atoms with E-state index in [1.165, 1.54) is 31.7 Å². The van der Waals surface area contributed by atoms with Crippen LogP contribution in [0.5, 0.6) is 0 Å². The first kappa shape index (κ1) is 12.9. The van der Waals surface area contributed by atoms with Crippen LogP contribution in [-0.2, 0) is 20.4 Å². The summed E-state index contributed by atoms with van der Waals surface area (Å²) in [5.41, 5.74) is 5.13. The van der Waals surface area contributed by atoms with Crippen molar-refractivity contribution in [1.29, 1.82) is 0 Å². The van der Waals surface area contributed by atoms with E-state index in [1.54, 1.807) is 16.7 Å². The van der Waals surface area contributed by atoms with Crippen LogP contribution in [0.25, 0.3) is 0 Å². The van der Waals surface area contributed by atoms with Crippen LogP contribution in [0.2, 0.25) is 29.4 Å². The van der Waals surface area contributed by atoms with E-state index >= 15 is 0 Å². The van der Waals surface area contributed by atoms with E-state index in [9.17, 15) is 0 Å². The Kier molecular flexibility index (Phi) is 3.42. The van der Waals surface area contributed by atoms with Crippen LogP contribution in [0.4, 0.5) is 0 Å². The summed E-state index contributed by atoms with van der Waals surface area (Å²) in [6.07, 6.45) is 8.12. The molecule has 0 aliphatic heterocycles. The van der Waals surface area contributed by atoms with Crippen LogP contribution in [0.3, 0.4) is 0 Å². The molecule has 0 heterocycles. The Morgan fingerprint density at radius 2 is 1.88 bits per heavy atom. The summed E-state index contributed by atoms with van der Waals surface area (Å²) in [7, 11) is -0.979. The van der Waals surface area contributed by atoms with Gasteiger partial charge in [0.05, 0.1) is 0 Å². The molecule has 0 spiro atoms. The molecule has 1 unspecified atom stereocenters. The fourth-order valence-electron chi connectivity index (χ4n) is 3.37. The SMILES string of the molecule is CC1=C[C]([Ti])(C[Si](C)(C)C)C2=C1CCCC2. The average Bonchev–Trinajstić information content (AvgIpc) is 2.37. The Balaban J connectivity index is 2.32. The monoisotopic (exact) mass is 267 g/mol. The minimum atomic E-state index is -0.979. The molecule has 2 rings (SSSR count). The van der Waals surface area contributed by atoms with Gasteiger partial charge in [-0.2, -0.15) is 0 Å². The Morgan fingerprint density at radius 3 is 2.50 bits per heavy atom. The van der Waals surface area contributed by atoms with Crippen LogP contribution in [0.1, 0.15) is 32.6 Å². The minimum absolute atomic E-state index is 0.421. The van der Waals surface area contributed by atoms with Gasteiger partial charge in [-0.25, -0.2) is 0 Å². The summed E-state index contributed by atoms with van der Waals surface area (Å²) in [5.74, 6) is 0. The molecular weight excluding hydrogens is 244 g/mol. The van der Waals surface area contributed by atoms with Gasteiger partial charge in [0.15, 0.2) is 0 Å². The summed E-state index contributed by atoms with van der Waals surface area (Å²) in [6, 6.07) is 1.43. The molecule has 0 fully saturated rings. The first-order valence-electron chi connectivity index (χ1n) is 6.49. The van der Waals surface area contributed by atoms with E-state index in [-0.39, 0.29) is 0 Å². The van der Waals surface area contributed by atoms with E-state index in [4.69, 9.17) is 0 Å². The van der Waals surface area contributed by atoms with E-state index < -0.39 is 8.07 Å². The summed E-state index contributed by atoms with van der Waals surface area (Å²) in [6.45, 7) is 9.84. The zero-order valence-corrected chi connectivity index (χ0v) is 13.7. The van der Waals surface area contributed by atoms with Crippen LogP contribution >= 0.6 is 0 Å². The van der Waals surface area contributed by atoms with Crippen molar-refractivity contribution in [3.05, 3.63) is 22.8 Å². The Labute approximate surface area is 113 Å². The second kappa shape index (κ2) is 4.26. The second-order valence-electron chi connectivity index (χ2n) is 6.70. The predicted octanol–water partition coefficient (Wildman–Crippen LogP) is 4.86. The summed E-state index contributed by atoms with van der Waals surface area (Å²) in [5, 5.41) is 0.